The lowest BCUT2D eigenvalue weighted by atomic mass is 9.96. The van der Waals surface area contributed by atoms with Crippen molar-refractivity contribution >= 4 is 11.8 Å². The van der Waals surface area contributed by atoms with Crippen molar-refractivity contribution < 1.29 is 9.59 Å². The minimum atomic E-state index is -0.0105. The van der Waals surface area contributed by atoms with Crippen LogP contribution in [0.15, 0.2) is 60.7 Å². The van der Waals surface area contributed by atoms with Crippen molar-refractivity contribution in [1.29, 1.82) is 0 Å². The van der Waals surface area contributed by atoms with E-state index < -0.39 is 0 Å². The molecule has 2 aliphatic rings. The normalized spacial score (nSPS) is 20.8. The molecule has 0 aliphatic carbocycles. The smallest absolute Gasteiger partial charge is 0.238 e. The Morgan fingerprint density at radius 3 is 2.00 bits per heavy atom. The molecular weight excluding hydrogens is 364 g/mol. The number of amides is 2. The van der Waals surface area contributed by atoms with Gasteiger partial charge < -0.3 is 4.90 Å². The van der Waals surface area contributed by atoms with Gasteiger partial charge in [0, 0.05) is 38.6 Å². The summed E-state index contributed by atoms with van der Waals surface area (Å²) >= 11 is 0. The van der Waals surface area contributed by atoms with Crippen LogP contribution >= 0.6 is 0 Å². The van der Waals surface area contributed by atoms with Crippen LogP contribution in [0, 0.1) is 0 Å². The van der Waals surface area contributed by atoms with E-state index in [0.29, 0.717) is 19.5 Å². The Balaban J connectivity index is 1.42. The number of piperazine rings is 1. The van der Waals surface area contributed by atoms with Gasteiger partial charge in [0.05, 0.1) is 12.6 Å². The van der Waals surface area contributed by atoms with Gasteiger partial charge in [0.25, 0.3) is 0 Å². The first-order chi connectivity index (χ1) is 14.1. The van der Waals surface area contributed by atoms with Crippen molar-refractivity contribution in [2.24, 2.45) is 0 Å². The molecule has 2 aromatic rings. The van der Waals surface area contributed by atoms with E-state index in [9.17, 15) is 9.59 Å². The predicted molar refractivity (Wildman–Crippen MR) is 112 cm³/mol. The van der Waals surface area contributed by atoms with Crippen molar-refractivity contribution in [2.45, 2.75) is 25.4 Å². The molecule has 2 heterocycles. The fourth-order valence-electron chi connectivity index (χ4n) is 4.25. The number of carbonyl (C=O) groups is 2. The maximum atomic E-state index is 12.7. The third-order valence-corrected chi connectivity index (χ3v) is 5.85. The van der Waals surface area contributed by atoms with Gasteiger partial charge in [-0.25, -0.2) is 5.01 Å². The number of nitrogens with one attached hydrogen (secondary N) is 1. The van der Waals surface area contributed by atoms with E-state index in [-0.39, 0.29) is 30.4 Å². The fourth-order valence-corrected chi connectivity index (χ4v) is 4.25. The van der Waals surface area contributed by atoms with Crippen molar-refractivity contribution in [3.63, 3.8) is 0 Å². The van der Waals surface area contributed by atoms with E-state index in [1.165, 1.54) is 11.1 Å². The van der Waals surface area contributed by atoms with Gasteiger partial charge in [-0.3, -0.25) is 19.9 Å². The van der Waals surface area contributed by atoms with Gasteiger partial charge in [0.1, 0.15) is 0 Å². The van der Waals surface area contributed by atoms with Crippen molar-refractivity contribution in [3.05, 3.63) is 71.8 Å². The molecule has 1 N–H and O–H groups in total. The number of rotatable bonds is 5. The van der Waals surface area contributed by atoms with Crippen LogP contribution in [0.25, 0.3) is 0 Å². The zero-order chi connectivity index (χ0) is 20.2. The predicted octanol–water partition coefficient (Wildman–Crippen LogP) is 2.05. The van der Waals surface area contributed by atoms with Gasteiger partial charge in [-0.1, -0.05) is 60.7 Å². The van der Waals surface area contributed by atoms with Crippen LogP contribution < -0.4 is 5.43 Å². The molecule has 6 nitrogen and oxygen atoms in total. The van der Waals surface area contributed by atoms with Crippen LogP contribution in [-0.2, 0) is 9.59 Å². The molecular formula is C23H28N4O2. The number of hydrazine groups is 1. The van der Waals surface area contributed by atoms with Gasteiger partial charge in [-0.2, -0.15) is 0 Å². The second-order valence-electron chi connectivity index (χ2n) is 7.86. The summed E-state index contributed by atoms with van der Waals surface area (Å²) in [6, 6.07) is 21.3. The lowest BCUT2D eigenvalue weighted by molar-refractivity contribution is -0.135. The molecule has 1 atom stereocenters. The Bertz CT molecular complexity index is 795. The van der Waals surface area contributed by atoms with Crippen LogP contribution in [0.1, 0.15) is 30.5 Å². The van der Waals surface area contributed by atoms with Crippen molar-refractivity contribution in [1.82, 2.24) is 20.2 Å². The Morgan fingerprint density at radius 2 is 1.52 bits per heavy atom. The molecule has 0 aromatic heterocycles. The Labute approximate surface area is 172 Å². The topological polar surface area (TPSA) is 55.9 Å². The summed E-state index contributed by atoms with van der Waals surface area (Å²) < 4.78 is 0. The summed E-state index contributed by atoms with van der Waals surface area (Å²) in [7, 11) is 0. The number of carbonyl (C=O) groups excluding carboxylic acids is 2. The summed E-state index contributed by atoms with van der Waals surface area (Å²) in [6.45, 7) is 5.25. The molecule has 2 saturated heterocycles. The first-order valence-corrected chi connectivity index (χ1v) is 10.3. The van der Waals surface area contributed by atoms with Crippen LogP contribution in [0.3, 0.4) is 0 Å². The molecule has 0 radical (unpaired) electrons. The lowest BCUT2D eigenvalue weighted by Gasteiger charge is -2.40. The van der Waals surface area contributed by atoms with Gasteiger partial charge in [-0.15, -0.1) is 0 Å². The third kappa shape index (κ3) is 4.49. The number of benzene rings is 2. The maximum absolute atomic E-state index is 12.7. The number of hydrogen-bond acceptors (Lipinski definition) is 4. The Kier molecular flexibility index (Phi) is 5.92. The minimum absolute atomic E-state index is 0.0105. The van der Waals surface area contributed by atoms with Crippen LogP contribution in [0.2, 0.25) is 0 Å². The van der Waals surface area contributed by atoms with Crippen LogP contribution in [0.4, 0.5) is 0 Å². The second kappa shape index (κ2) is 8.76. The quantitative estimate of drug-likeness (QED) is 0.846. The molecule has 6 heteroatoms. The highest BCUT2D eigenvalue weighted by Crippen LogP contribution is 2.29. The third-order valence-electron chi connectivity index (χ3n) is 5.85. The molecule has 2 aromatic carbocycles. The largest absolute Gasteiger partial charge is 0.339 e. The zero-order valence-corrected chi connectivity index (χ0v) is 16.8. The zero-order valence-electron chi connectivity index (χ0n) is 16.8. The van der Waals surface area contributed by atoms with E-state index in [4.69, 9.17) is 0 Å². The summed E-state index contributed by atoms with van der Waals surface area (Å²) in [6.07, 6.45) is 0.455. The standard InChI is InChI=1S/C23H28N4O2/c1-18-16-21(28)24-27(18)17-22(29)25-12-14-26(15-13-25)23(19-8-4-2-5-9-19)20-10-6-3-7-11-20/h2-11,18,23H,12-17H2,1H3,(H,24,28)/t18-/m0/s1. The summed E-state index contributed by atoms with van der Waals surface area (Å²) in [4.78, 5) is 28.6. The van der Waals surface area contributed by atoms with E-state index in [0.717, 1.165) is 13.1 Å². The van der Waals surface area contributed by atoms with Crippen molar-refractivity contribution in [2.75, 3.05) is 32.7 Å². The molecule has 152 valence electrons. The van der Waals surface area contributed by atoms with Gasteiger partial charge in [0.2, 0.25) is 11.8 Å². The molecule has 2 fully saturated rings. The monoisotopic (exact) mass is 392 g/mol. The average Bonchev–Trinajstić information content (AvgIpc) is 3.07. The summed E-state index contributed by atoms with van der Waals surface area (Å²) in [5.74, 6) is 0.0679. The first-order valence-electron chi connectivity index (χ1n) is 10.3. The molecule has 0 saturated carbocycles. The molecule has 0 bridgehead atoms. The molecule has 2 aliphatic heterocycles. The van der Waals surface area contributed by atoms with Gasteiger partial charge in [0.15, 0.2) is 0 Å². The number of hydrogen-bond donors (Lipinski definition) is 1. The Morgan fingerprint density at radius 1 is 0.966 bits per heavy atom. The van der Waals surface area contributed by atoms with E-state index in [2.05, 4.69) is 58.9 Å². The van der Waals surface area contributed by atoms with Crippen molar-refractivity contribution in [3.8, 4) is 0 Å². The maximum Gasteiger partial charge on any atom is 0.238 e. The highest BCUT2D eigenvalue weighted by Gasteiger charge is 2.32. The lowest BCUT2D eigenvalue weighted by Crippen LogP contribution is -2.53. The average molecular weight is 393 g/mol. The molecule has 0 spiro atoms. The van der Waals surface area contributed by atoms with Crippen LogP contribution in [-0.4, -0.2) is 65.4 Å². The Hall–Kier alpha value is -2.70. The van der Waals surface area contributed by atoms with Gasteiger partial charge >= 0.3 is 0 Å². The highest BCUT2D eigenvalue weighted by atomic mass is 16.2. The molecule has 0 unspecified atom stereocenters. The molecule has 29 heavy (non-hydrogen) atoms. The van der Waals surface area contributed by atoms with E-state index in [1.54, 1.807) is 5.01 Å². The first kappa shape index (κ1) is 19.6. The SMILES string of the molecule is C[C@H]1CC(=O)NN1CC(=O)N1CCN(C(c2ccccc2)c2ccccc2)CC1. The van der Waals surface area contributed by atoms with E-state index in [1.807, 2.05) is 24.0 Å². The van der Waals surface area contributed by atoms with Gasteiger partial charge in [-0.05, 0) is 18.1 Å². The summed E-state index contributed by atoms with van der Waals surface area (Å²) in [5, 5.41) is 1.76. The number of nitrogens with zero attached hydrogens (tertiary/aromatic N) is 3. The van der Waals surface area contributed by atoms with Crippen LogP contribution in [0.5, 0.6) is 0 Å². The molecule has 4 rings (SSSR count). The minimum Gasteiger partial charge on any atom is -0.339 e. The molecule has 2 amide bonds. The highest BCUT2D eigenvalue weighted by molar-refractivity contribution is 5.81. The van der Waals surface area contributed by atoms with E-state index >= 15 is 0 Å². The second-order valence-corrected chi connectivity index (χ2v) is 7.86. The fraction of sp³-hybridized carbons (Fsp3) is 0.391. The summed E-state index contributed by atoms with van der Waals surface area (Å²) in [5.41, 5.74) is 5.32.